The Labute approximate surface area is 179 Å². The van der Waals surface area contributed by atoms with Crippen molar-refractivity contribution in [1.82, 2.24) is 24.6 Å². The summed E-state index contributed by atoms with van der Waals surface area (Å²) in [6.07, 6.45) is 1.59. The van der Waals surface area contributed by atoms with Crippen molar-refractivity contribution in [2.45, 2.75) is 19.8 Å². The largest absolute Gasteiger partial charge is 0.508 e. The Morgan fingerprint density at radius 2 is 1.84 bits per heavy atom. The van der Waals surface area contributed by atoms with Gasteiger partial charge >= 0.3 is 5.69 Å². The number of aromatic amines is 1. The van der Waals surface area contributed by atoms with Crippen LogP contribution in [0.5, 0.6) is 11.5 Å². The number of nitrogens with one attached hydrogen (secondary N) is 1. The number of H-pyrrole nitrogens is 1. The van der Waals surface area contributed by atoms with Crippen LogP contribution in [0.4, 0.5) is 5.82 Å². The third-order valence-corrected chi connectivity index (χ3v) is 5.57. The molecule has 4 rings (SSSR count). The lowest BCUT2D eigenvalue weighted by Gasteiger charge is -2.34. The van der Waals surface area contributed by atoms with Crippen LogP contribution in [0.2, 0.25) is 0 Å². The van der Waals surface area contributed by atoms with Gasteiger partial charge in [0.05, 0.1) is 24.2 Å². The molecule has 1 aliphatic heterocycles. The van der Waals surface area contributed by atoms with Crippen molar-refractivity contribution in [2.75, 3.05) is 37.8 Å². The molecule has 0 atom stereocenters. The molecule has 31 heavy (non-hydrogen) atoms. The first-order valence-corrected chi connectivity index (χ1v) is 10.2. The number of aliphatic hydroxyl groups is 1. The monoisotopic (exact) mass is 426 g/mol. The van der Waals surface area contributed by atoms with Gasteiger partial charge in [-0.1, -0.05) is 13.8 Å². The molecule has 1 fully saturated rings. The summed E-state index contributed by atoms with van der Waals surface area (Å²) >= 11 is 0. The van der Waals surface area contributed by atoms with E-state index in [2.05, 4.69) is 20.1 Å². The highest BCUT2D eigenvalue weighted by molar-refractivity contribution is 5.69. The average molecular weight is 426 g/mol. The topological polar surface area (TPSA) is 131 Å². The van der Waals surface area contributed by atoms with Gasteiger partial charge in [0.15, 0.2) is 5.82 Å². The van der Waals surface area contributed by atoms with E-state index in [0.29, 0.717) is 16.8 Å². The molecule has 0 spiro atoms. The van der Waals surface area contributed by atoms with E-state index in [4.69, 9.17) is 0 Å². The van der Waals surface area contributed by atoms with Crippen LogP contribution in [0.3, 0.4) is 0 Å². The molecule has 1 aliphatic rings. The molecule has 10 heteroatoms. The molecule has 10 nitrogen and oxygen atoms in total. The van der Waals surface area contributed by atoms with Crippen LogP contribution in [0.1, 0.15) is 25.3 Å². The van der Waals surface area contributed by atoms with Gasteiger partial charge in [-0.2, -0.15) is 5.10 Å². The Balaban J connectivity index is 1.68. The predicted molar refractivity (Wildman–Crippen MR) is 116 cm³/mol. The number of pyridine rings is 1. The van der Waals surface area contributed by atoms with E-state index >= 15 is 0 Å². The highest BCUT2D eigenvalue weighted by Crippen LogP contribution is 2.37. The second-order valence-corrected chi connectivity index (χ2v) is 7.89. The van der Waals surface area contributed by atoms with Gasteiger partial charge in [-0.15, -0.1) is 0 Å². The minimum absolute atomic E-state index is 0.00648. The van der Waals surface area contributed by atoms with Crippen LogP contribution in [-0.2, 0) is 0 Å². The average Bonchev–Trinajstić information content (AvgIpc) is 3.15. The summed E-state index contributed by atoms with van der Waals surface area (Å²) in [4.78, 5) is 21.1. The van der Waals surface area contributed by atoms with Crippen molar-refractivity contribution in [3.05, 3.63) is 46.5 Å². The number of hydrogen-bond donors (Lipinski definition) is 4. The molecule has 0 unspecified atom stereocenters. The van der Waals surface area contributed by atoms with E-state index in [9.17, 15) is 20.1 Å². The summed E-state index contributed by atoms with van der Waals surface area (Å²) in [6, 6.07) is 6.52. The number of aromatic nitrogens is 4. The number of piperazine rings is 1. The zero-order chi connectivity index (χ0) is 22.1. The Kier molecular flexibility index (Phi) is 5.66. The first-order valence-electron chi connectivity index (χ1n) is 10.2. The highest BCUT2D eigenvalue weighted by Gasteiger charge is 2.21. The maximum atomic E-state index is 12.5. The molecule has 0 bridgehead atoms. The molecule has 0 amide bonds. The number of phenolic OH excluding ortho intramolecular Hbond substituents is 2. The van der Waals surface area contributed by atoms with Gasteiger partial charge < -0.3 is 20.2 Å². The first-order chi connectivity index (χ1) is 14.9. The summed E-state index contributed by atoms with van der Waals surface area (Å²) in [6.45, 7) is 6.92. The van der Waals surface area contributed by atoms with Gasteiger partial charge in [0.1, 0.15) is 17.3 Å². The maximum Gasteiger partial charge on any atom is 0.348 e. The quantitative estimate of drug-likeness (QED) is 0.479. The lowest BCUT2D eigenvalue weighted by Crippen LogP contribution is -2.46. The Hall–Kier alpha value is -3.37. The van der Waals surface area contributed by atoms with Gasteiger partial charge in [-0.05, 0) is 29.7 Å². The molecule has 4 N–H and O–H groups in total. The van der Waals surface area contributed by atoms with Crippen molar-refractivity contribution in [2.24, 2.45) is 0 Å². The van der Waals surface area contributed by atoms with Gasteiger partial charge in [-0.3, -0.25) is 4.90 Å². The molecular formula is C21H26N6O4. The van der Waals surface area contributed by atoms with E-state index in [1.165, 1.54) is 10.6 Å². The van der Waals surface area contributed by atoms with Gasteiger partial charge in [-0.25, -0.2) is 19.4 Å². The molecule has 3 heterocycles. The molecule has 1 saturated heterocycles. The number of benzene rings is 1. The number of aliphatic hydroxyl groups excluding tert-OH is 1. The number of aromatic hydroxyl groups is 2. The molecule has 0 aliphatic carbocycles. The van der Waals surface area contributed by atoms with Crippen LogP contribution in [0.25, 0.3) is 17.1 Å². The number of nitrogens with zero attached hydrogens (tertiary/aromatic N) is 5. The van der Waals surface area contributed by atoms with Crippen molar-refractivity contribution < 1.29 is 15.3 Å². The van der Waals surface area contributed by atoms with Crippen LogP contribution < -0.4 is 10.6 Å². The standard InChI is InChI=1S/C21H26N6O4/c1-13(2)15-9-16(18(30)10-17(15)29)20-23-24-21(31)27(20)14-3-4-19(22-11-14)26-7-5-25(12-28)6-8-26/h3-4,9-11,13,28-30H,5-8,12H2,1-2H3,(H,24,31). The Bertz CT molecular complexity index is 1110. The van der Waals surface area contributed by atoms with Gasteiger partial charge in [0.2, 0.25) is 0 Å². The second kappa shape index (κ2) is 8.40. The molecular weight excluding hydrogens is 400 g/mol. The third-order valence-electron chi connectivity index (χ3n) is 5.57. The van der Waals surface area contributed by atoms with E-state index in [0.717, 1.165) is 32.0 Å². The number of phenols is 2. The zero-order valence-corrected chi connectivity index (χ0v) is 17.5. The summed E-state index contributed by atoms with van der Waals surface area (Å²) in [5.74, 6) is 0.858. The van der Waals surface area contributed by atoms with Crippen molar-refractivity contribution in [3.63, 3.8) is 0 Å². The minimum atomic E-state index is -0.459. The fraction of sp³-hybridized carbons (Fsp3) is 0.381. The van der Waals surface area contributed by atoms with E-state index in [-0.39, 0.29) is 30.0 Å². The smallest absolute Gasteiger partial charge is 0.348 e. The zero-order valence-electron chi connectivity index (χ0n) is 17.5. The van der Waals surface area contributed by atoms with Gasteiger partial charge in [0.25, 0.3) is 0 Å². The fourth-order valence-electron chi connectivity index (χ4n) is 3.77. The second-order valence-electron chi connectivity index (χ2n) is 7.89. The summed E-state index contributed by atoms with van der Waals surface area (Å²) in [5, 5.41) is 36.3. The third kappa shape index (κ3) is 3.99. The number of rotatable bonds is 5. The number of anilines is 1. The summed E-state index contributed by atoms with van der Waals surface area (Å²) in [5.41, 5.74) is 1.03. The van der Waals surface area contributed by atoms with Crippen LogP contribution in [0.15, 0.2) is 35.3 Å². The molecule has 2 aromatic heterocycles. The first kappa shape index (κ1) is 20.9. The SMILES string of the molecule is CC(C)c1cc(-c2n[nH]c(=O)n2-c2ccc(N3CCN(CO)CC3)nc2)c(O)cc1O. The summed E-state index contributed by atoms with van der Waals surface area (Å²) < 4.78 is 1.34. The Morgan fingerprint density at radius 3 is 2.45 bits per heavy atom. The van der Waals surface area contributed by atoms with Gasteiger partial charge in [0, 0.05) is 32.2 Å². The number of hydrogen-bond acceptors (Lipinski definition) is 8. The van der Waals surface area contributed by atoms with E-state index in [1.807, 2.05) is 24.8 Å². The Morgan fingerprint density at radius 1 is 1.10 bits per heavy atom. The molecule has 164 valence electrons. The maximum absolute atomic E-state index is 12.5. The fourth-order valence-corrected chi connectivity index (χ4v) is 3.77. The normalized spacial score (nSPS) is 15.0. The minimum Gasteiger partial charge on any atom is -0.508 e. The van der Waals surface area contributed by atoms with Crippen molar-refractivity contribution >= 4 is 5.82 Å². The van der Waals surface area contributed by atoms with Crippen LogP contribution in [0, 0.1) is 0 Å². The summed E-state index contributed by atoms with van der Waals surface area (Å²) in [7, 11) is 0. The predicted octanol–water partition coefficient (Wildman–Crippen LogP) is 1.23. The molecule has 0 saturated carbocycles. The van der Waals surface area contributed by atoms with Crippen molar-refractivity contribution in [1.29, 1.82) is 0 Å². The molecule has 3 aromatic rings. The van der Waals surface area contributed by atoms with Crippen LogP contribution in [-0.4, -0.2) is 72.9 Å². The van der Waals surface area contributed by atoms with Crippen LogP contribution >= 0.6 is 0 Å². The lowest BCUT2D eigenvalue weighted by molar-refractivity contribution is 0.102. The molecule has 0 radical (unpaired) electrons. The lowest BCUT2D eigenvalue weighted by atomic mass is 9.98. The highest BCUT2D eigenvalue weighted by atomic mass is 16.3. The molecule has 1 aromatic carbocycles. The van der Waals surface area contributed by atoms with E-state index < -0.39 is 5.69 Å². The van der Waals surface area contributed by atoms with Crippen molar-refractivity contribution in [3.8, 4) is 28.6 Å². The van der Waals surface area contributed by atoms with E-state index in [1.54, 1.807) is 18.3 Å².